The van der Waals surface area contributed by atoms with Crippen molar-refractivity contribution in [1.82, 2.24) is 4.90 Å². The third kappa shape index (κ3) is 6.11. The number of amides is 3. The maximum Gasteiger partial charge on any atom is 0.253 e. The van der Waals surface area contributed by atoms with Crippen LogP contribution in [0.1, 0.15) is 52.9 Å². The summed E-state index contributed by atoms with van der Waals surface area (Å²) in [5.41, 5.74) is 0.464. The van der Waals surface area contributed by atoms with E-state index in [9.17, 15) is 19.5 Å². The minimum atomic E-state index is -1.14. The molecule has 9 heteroatoms. The first-order chi connectivity index (χ1) is 22.7. The SMILES string of the molecule is C=CCN(C(=O)C1N(CCCCCO)C(=O)[C@@H]2[C@@H](C(=O)N(CC=C)c3ccccc3)[C@@]3(C)CCC12O3)c1ccc(N(CC)CC)cc1. The van der Waals surface area contributed by atoms with Crippen LogP contribution in [0.25, 0.3) is 0 Å². The predicted octanol–water partition coefficient (Wildman–Crippen LogP) is 5.20. The number of likely N-dealkylation sites (tertiary alicyclic amines) is 1. The van der Waals surface area contributed by atoms with Crippen molar-refractivity contribution in [3.05, 3.63) is 79.9 Å². The molecule has 1 N–H and O–H groups in total. The van der Waals surface area contributed by atoms with Crippen molar-refractivity contribution >= 4 is 34.8 Å². The third-order valence-corrected chi connectivity index (χ3v) is 10.3. The molecule has 3 fully saturated rings. The molecule has 3 aliphatic heterocycles. The standard InChI is InChI=1S/C38H50N4O5/c1-6-24-40(29-16-12-10-13-17-29)34(44)31-32-35(45)42(26-14-11-15-27-43)33(38(32)23-22-37(31,5)47-38)36(46)41(25-7-2)30-20-18-28(19-21-30)39(8-3)9-4/h6-7,10,12-13,16-21,31-33,43H,1-2,8-9,11,14-15,22-27H2,3-5H3/t31-,32-,33?,37+,38?/m0/s1. The highest BCUT2D eigenvalue weighted by atomic mass is 16.5. The molecule has 3 amide bonds. The van der Waals surface area contributed by atoms with Crippen LogP contribution in [-0.4, -0.2) is 84.3 Å². The van der Waals surface area contributed by atoms with Gasteiger partial charge in [-0.2, -0.15) is 0 Å². The van der Waals surface area contributed by atoms with Gasteiger partial charge in [0.25, 0.3) is 5.91 Å². The van der Waals surface area contributed by atoms with Gasteiger partial charge in [-0.1, -0.05) is 30.4 Å². The molecule has 2 aromatic carbocycles. The molecule has 2 aromatic rings. The Morgan fingerprint density at radius 1 is 0.894 bits per heavy atom. The van der Waals surface area contributed by atoms with Crippen LogP contribution in [0.15, 0.2) is 79.9 Å². The number of rotatable bonds is 16. The Morgan fingerprint density at radius 3 is 2.09 bits per heavy atom. The molecule has 0 saturated carbocycles. The quantitative estimate of drug-likeness (QED) is 0.200. The molecule has 2 unspecified atom stereocenters. The first-order valence-corrected chi connectivity index (χ1v) is 17.1. The Morgan fingerprint density at radius 2 is 1.49 bits per heavy atom. The third-order valence-electron chi connectivity index (χ3n) is 10.3. The molecule has 5 atom stereocenters. The molecule has 3 heterocycles. The van der Waals surface area contributed by atoms with E-state index in [1.807, 2.05) is 61.5 Å². The number of hydrogen-bond acceptors (Lipinski definition) is 6. The van der Waals surface area contributed by atoms with E-state index < -0.39 is 29.1 Å². The summed E-state index contributed by atoms with van der Waals surface area (Å²) < 4.78 is 6.92. The van der Waals surface area contributed by atoms with Crippen LogP contribution in [0.3, 0.4) is 0 Å². The summed E-state index contributed by atoms with van der Waals surface area (Å²) in [7, 11) is 0. The summed E-state index contributed by atoms with van der Waals surface area (Å²) >= 11 is 0. The molecule has 252 valence electrons. The van der Waals surface area contributed by atoms with Crippen molar-refractivity contribution in [2.45, 2.75) is 70.1 Å². The van der Waals surface area contributed by atoms with Crippen LogP contribution >= 0.6 is 0 Å². The molecule has 3 aliphatic rings. The number of benzene rings is 2. The minimum absolute atomic E-state index is 0.0656. The summed E-state index contributed by atoms with van der Waals surface area (Å²) in [4.78, 5) is 51.4. The van der Waals surface area contributed by atoms with E-state index in [2.05, 4.69) is 31.9 Å². The van der Waals surface area contributed by atoms with E-state index in [4.69, 9.17) is 4.74 Å². The second kappa shape index (κ2) is 14.4. The number of aliphatic hydroxyl groups excluding tert-OH is 1. The van der Waals surface area contributed by atoms with Gasteiger partial charge < -0.3 is 29.4 Å². The van der Waals surface area contributed by atoms with Crippen LogP contribution in [0, 0.1) is 11.8 Å². The van der Waals surface area contributed by atoms with E-state index in [0.717, 1.165) is 24.5 Å². The van der Waals surface area contributed by atoms with E-state index in [1.165, 1.54) is 0 Å². The zero-order valence-corrected chi connectivity index (χ0v) is 28.1. The summed E-state index contributed by atoms with van der Waals surface area (Å²) in [6, 6.07) is 16.4. The summed E-state index contributed by atoms with van der Waals surface area (Å²) in [6.45, 7) is 16.7. The molecule has 0 aromatic heterocycles. The largest absolute Gasteiger partial charge is 0.396 e. The number of hydrogen-bond donors (Lipinski definition) is 1. The van der Waals surface area contributed by atoms with Crippen molar-refractivity contribution in [2.75, 3.05) is 54.0 Å². The first-order valence-electron chi connectivity index (χ1n) is 17.1. The van der Waals surface area contributed by atoms with Crippen molar-refractivity contribution in [3.8, 4) is 0 Å². The average Bonchev–Trinajstić information content (AvgIpc) is 3.65. The van der Waals surface area contributed by atoms with Crippen LogP contribution in [0.5, 0.6) is 0 Å². The maximum absolute atomic E-state index is 14.9. The van der Waals surface area contributed by atoms with Gasteiger partial charge in [-0.15, -0.1) is 13.2 Å². The monoisotopic (exact) mass is 642 g/mol. The van der Waals surface area contributed by atoms with Gasteiger partial charge in [0, 0.05) is 56.4 Å². The highest BCUT2D eigenvalue weighted by Gasteiger charge is 2.78. The number of aliphatic hydroxyl groups is 1. The van der Waals surface area contributed by atoms with Crippen LogP contribution in [0.2, 0.25) is 0 Å². The predicted molar refractivity (Wildman–Crippen MR) is 186 cm³/mol. The summed E-state index contributed by atoms with van der Waals surface area (Å²) in [5, 5.41) is 9.40. The lowest BCUT2D eigenvalue weighted by atomic mass is 9.66. The normalized spacial score (nSPS) is 25.8. The fourth-order valence-electron chi connectivity index (χ4n) is 8.15. The van der Waals surface area contributed by atoms with Crippen LogP contribution < -0.4 is 14.7 Å². The van der Waals surface area contributed by atoms with Gasteiger partial charge in [0.15, 0.2) is 0 Å². The van der Waals surface area contributed by atoms with Gasteiger partial charge in [-0.05, 0) is 89.3 Å². The number of para-hydroxylation sites is 1. The Labute approximate surface area is 279 Å². The van der Waals surface area contributed by atoms with Crippen LogP contribution in [-0.2, 0) is 19.1 Å². The van der Waals surface area contributed by atoms with Crippen molar-refractivity contribution in [3.63, 3.8) is 0 Å². The van der Waals surface area contributed by atoms with E-state index in [0.29, 0.717) is 44.3 Å². The number of anilines is 3. The van der Waals surface area contributed by atoms with Crippen molar-refractivity contribution in [2.24, 2.45) is 11.8 Å². The Hall–Kier alpha value is -3.95. The summed E-state index contributed by atoms with van der Waals surface area (Å²) in [5.74, 6) is -2.20. The topological polar surface area (TPSA) is 93.6 Å². The number of carbonyl (C=O) groups excluding carboxylic acids is 3. The Kier molecular flexibility index (Phi) is 10.6. The molecule has 1 spiro atoms. The fourth-order valence-corrected chi connectivity index (χ4v) is 8.15. The smallest absolute Gasteiger partial charge is 0.253 e. The first kappa shape index (κ1) is 34.4. The number of unbranched alkanes of at least 4 members (excludes halogenated alkanes) is 2. The van der Waals surface area contributed by atoms with Gasteiger partial charge in [0.1, 0.15) is 11.6 Å². The van der Waals surface area contributed by atoms with E-state index >= 15 is 0 Å². The molecule has 0 aliphatic carbocycles. The molecular formula is C38H50N4O5. The fraction of sp³-hybridized carbons (Fsp3) is 0.500. The van der Waals surface area contributed by atoms with Gasteiger partial charge in [-0.25, -0.2) is 0 Å². The zero-order valence-electron chi connectivity index (χ0n) is 28.1. The van der Waals surface area contributed by atoms with Crippen molar-refractivity contribution < 1.29 is 24.2 Å². The number of ether oxygens (including phenoxy) is 1. The molecule has 0 radical (unpaired) electrons. The van der Waals surface area contributed by atoms with Gasteiger partial charge in [0.05, 0.1) is 17.4 Å². The van der Waals surface area contributed by atoms with E-state index in [1.54, 1.807) is 26.9 Å². The molecule has 47 heavy (non-hydrogen) atoms. The second-order valence-corrected chi connectivity index (χ2v) is 13.0. The zero-order chi connectivity index (χ0) is 33.8. The molecule has 3 saturated heterocycles. The maximum atomic E-state index is 14.9. The highest BCUT2D eigenvalue weighted by Crippen LogP contribution is 2.63. The lowest BCUT2D eigenvalue weighted by Gasteiger charge is -2.37. The average molecular weight is 643 g/mol. The van der Waals surface area contributed by atoms with Gasteiger partial charge >= 0.3 is 0 Å². The van der Waals surface area contributed by atoms with E-state index in [-0.39, 0.29) is 37.4 Å². The summed E-state index contributed by atoms with van der Waals surface area (Å²) in [6.07, 6.45) is 6.40. The molecular weight excluding hydrogens is 592 g/mol. The number of nitrogens with zero attached hydrogens (tertiary/aromatic N) is 4. The molecule has 2 bridgehead atoms. The van der Waals surface area contributed by atoms with Crippen molar-refractivity contribution in [1.29, 1.82) is 0 Å². The lowest BCUT2D eigenvalue weighted by Crippen LogP contribution is -2.56. The minimum Gasteiger partial charge on any atom is -0.396 e. The number of carbonyl (C=O) groups is 3. The Bertz CT molecular complexity index is 1440. The lowest BCUT2D eigenvalue weighted by molar-refractivity contribution is -0.144. The van der Waals surface area contributed by atoms with Gasteiger partial charge in [-0.3, -0.25) is 14.4 Å². The Balaban J connectivity index is 1.55. The molecule has 5 rings (SSSR count). The van der Waals surface area contributed by atoms with Crippen LogP contribution in [0.4, 0.5) is 17.1 Å². The number of fused-ring (bicyclic) bond motifs is 1. The molecule has 9 nitrogen and oxygen atoms in total. The van der Waals surface area contributed by atoms with Gasteiger partial charge in [0.2, 0.25) is 11.8 Å². The second-order valence-electron chi connectivity index (χ2n) is 13.0. The highest BCUT2D eigenvalue weighted by molar-refractivity contribution is 6.06.